The Kier molecular flexibility index (Phi) is 4.64. The maximum atomic E-state index is 12.8. The van der Waals surface area contributed by atoms with Crippen LogP contribution in [-0.4, -0.2) is 59.4 Å². The fourth-order valence-electron chi connectivity index (χ4n) is 2.83. The molecule has 1 aromatic carbocycles. The Bertz CT molecular complexity index is 1060. The molecule has 0 atom stereocenters. The predicted octanol–water partition coefficient (Wildman–Crippen LogP) is 0.535. The van der Waals surface area contributed by atoms with Crippen molar-refractivity contribution in [3.05, 3.63) is 35.9 Å². The zero-order chi connectivity index (χ0) is 18.9. The van der Waals surface area contributed by atoms with E-state index in [0.717, 1.165) is 0 Å². The fraction of sp³-hybridized carbons (Fsp3) is 0.312. The number of nitrogens with one attached hydrogen (secondary N) is 1. The van der Waals surface area contributed by atoms with Gasteiger partial charge in [0.1, 0.15) is 12.4 Å². The first-order valence-electron chi connectivity index (χ1n) is 8.31. The van der Waals surface area contributed by atoms with Crippen molar-refractivity contribution in [3.63, 3.8) is 0 Å². The Morgan fingerprint density at radius 3 is 2.89 bits per heavy atom. The molecule has 0 amide bonds. The normalized spacial score (nSPS) is 15.9. The first kappa shape index (κ1) is 17.6. The molecular formula is C16H18N6O4S. The molecule has 0 bridgehead atoms. The zero-order valence-corrected chi connectivity index (χ0v) is 15.1. The molecule has 0 unspecified atom stereocenters. The summed E-state index contributed by atoms with van der Waals surface area (Å²) in [4.78, 5) is 4.30. The standard InChI is InChI=1S/C16H18N6O4S/c17-14-9-13(15-16(18-14)20-21-19-15)26-10-11-2-1-3-12(8-11)27(23,24)22-4-6-25-7-5-22/h1-3,8-9H,4-7,10H2,(H3,17,18,19,20,21). The number of H-pyrrole nitrogens is 1. The van der Waals surface area contributed by atoms with Crippen molar-refractivity contribution in [2.45, 2.75) is 11.5 Å². The van der Waals surface area contributed by atoms with E-state index in [1.807, 2.05) is 0 Å². The van der Waals surface area contributed by atoms with Gasteiger partial charge >= 0.3 is 0 Å². The van der Waals surface area contributed by atoms with Crippen molar-refractivity contribution in [1.29, 1.82) is 0 Å². The number of ether oxygens (including phenoxy) is 2. The molecule has 0 saturated carbocycles. The van der Waals surface area contributed by atoms with Crippen LogP contribution in [0, 0.1) is 0 Å². The van der Waals surface area contributed by atoms with Gasteiger partial charge in [-0.05, 0) is 17.7 Å². The molecule has 4 rings (SSSR count). The fourth-order valence-corrected chi connectivity index (χ4v) is 4.31. The van der Waals surface area contributed by atoms with Gasteiger partial charge in [0.05, 0.1) is 18.1 Å². The minimum Gasteiger partial charge on any atom is -0.486 e. The smallest absolute Gasteiger partial charge is 0.243 e. The number of nitrogen functional groups attached to an aromatic ring is 1. The SMILES string of the molecule is Nc1cc(OCc2cccc(S(=O)(=O)N3CCOCC3)c2)c2nn[nH]c2n1. The minimum absolute atomic E-state index is 0.151. The Hall–Kier alpha value is -2.76. The van der Waals surface area contributed by atoms with Crippen LogP contribution < -0.4 is 10.5 Å². The zero-order valence-electron chi connectivity index (χ0n) is 14.3. The Balaban J connectivity index is 1.55. The van der Waals surface area contributed by atoms with Crippen LogP contribution in [0.2, 0.25) is 0 Å². The molecule has 142 valence electrons. The number of pyridine rings is 1. The van der Waals surface area contributed by atoms with Crippen LogP contribution in [-0.2, 0) is 21.4 Å². The number of rotatable bonds is 5. The number of nitrogens with two attached hydrogens (primary N) is 1. The molecule has 1 aliphatic heterocycles. The summed E-state index contributed by atoms with van der Waals surface area (Å²) >= 11 is 0. The predicted molar refractivity (Wildman–Crippen MR) is 96.4 cm³/mol. The van der Waals surface area contributed by atoms with Crippen LogP contribution in [0.3, 0.4) is 0 Å². The monoisotopic (exact) mass is 390 g/mol. The number of fused-ring (bicyclic) bond motifs is 1. The van der Waals surface area contributed by atoms with E-state index in [-0.39, 0.29) is 17.3 Å². The molecular weight excluding hydrogens is 372 g/mol. The van der Waals surface area contributed by atoms with Gasteiger partial charge in [-0.1, -0.05) is 17.3 Å². The van der Waals surface area contributed by atoms with E-state index in [4.69, 9.17) is 15.2 Å². The van der Waals surface area contributed by atoms with Gasteiger partial charge in [-0.3, -0.25) is 0 Å². The highest BCUT2D eigenvalue weighted by Gasteiger charge is 2.26. The van der Waals surface area contributed by atoms with Crippen LogP contribution in [0.15, 0.2) is 35.2 Å². The van der Waals surface area contributed by atoms with E-state index in [0.29, 0.717) is 48.8 Å². The lowest BCUT2D eigenvalue weighted by atomic mass is 10.2. The molecule has 0 radical (unpaired) electrons. The molecule has 3 heterocycles. The quantitative estimate of drug-likeness (QED) is 0.644. The number of aromatic amines is 1. The minimum atomic E-state index is -3.56. The van der Waals surface area contributed by atoms with Crippen molar-refractivity contribution < 1.29 is 17.9 Å². The van der Waals surface area contributed by atoms with Crippen LogP contribution >= 0.6 is 0 Å². The maximum Gasteiger partial charge on any atom is 0.243 e. The number of hydrogen-bond acceptors (Lipinski definition) is 8. The van der Waals surface area contributed by atoms with Gasteiger partial charge in [-0.15, -0.1) is 5.10 Å². The number of morpholine rings is 1. The molecule has 27 heavy (non-hydrogen) atoms. The van der Waals surface area contributed by atoms with E-state index in [1.54, 1.807) is 30.3 Å². The van der Waals surface area contributed by atoms with Gasteiger partial charge in [-0.25, -0.2) is 18.5 Å². The number of benzene rings is 1. The van der Waals surface area contributed by atoms with Crippen molar-refractivity contribution in [2.75, 3.05) is 32.0 Å². The molecule has 2 aromatic heterocycles. The van der Waals surface area contributed by atoms with Crippen LogP contribution in [0.25, 0.3) is 11.2 Å². The van der Waals surface area contributed by atoms with E-state index in [1.165, 1.54) is 4.31 Å². The summed E-state index contributed by atoms with van der Waals surface area (Å²) in [5, 5.41) is 10.3. The van der Waals surface area contributed by atoms with E-state index in [9.17, 15) is 8.42 Å². The first-order chi connectivity index (χ1) is 13.0. The number of nitrogens with zero attached hydrogens (tertiary/aromatic N) is 4. The Labute approximate surface area is 155 Å². The highest BCUT2D eigenvalue weighted by atomic mass is 32.2. The third-order valence-corrected chi connectivity index (χ3v) is 6.08. The Morgan fingerprint density at radius 1 is 1.26 bits per heavy atom. The lowest BCUT2D eigenvalue weighted by Crippen LogP contribution is -2.40. The summed E-state index contributed by atoms with van der Waals surface area (Å²) in [6, 6.07) is 8.23. The second-order valence-electron chi connectivity index (χ2n) is 6.01. The van der Waals surface area contributed by atoms with Crippen molar-refractivity contribution in [2.24, 2.45) is 0 Å². The highest BCUT2D eigenvalue weighted by Crippen LogP contribution is 2.25. The Morgan fingerprint density at radius 2 is 2.07 bits per heavy atom. The molecule has 1 saturated heterocycles. The maximum absolute atomic E-state index is 12.8. The van der Waals surface area contributed by atoms with Gasteiger partial charge < -0.3 is 15.2 Å². The van der Waals surface area contributed by atoms with Gasteiger partial charge in [-0.2, -0.15) is 4.31 Å². The van der Waals surface area contributed by atoms with Crippen LogP contribution in [0.4, 0.5) is 5.82 Å². The van der Waals surface area contributed by atoms with Gasteiger partial charge in [0.15, 0.2) is 16.9 Å². The second kappa shape index (κ2) is 7.10. The molecule has 1 aliphatic rings. The van der Waals surface area contributed by atoms with E-state index < -0.39 is 10.0 Å². The average Bonchev–Trinajstić information content (AvgIpc) is 3.15. The lowest BCUT2D eigenvalue weighted by molar-refractivity contribution is 0.0730. The number of aromatic nitrogens is 4. The van der Waals surface area contributed by atoms with Crippen molar-refractivity contribution in [3.8, 4) is 5.75 Å². The third-order valence-electron chi connectivity index (χ3n) is 4.18. The summed E-state index contributed by atoms with van der Waals surface area (Å²) in [5.74, 6) is 0.694. The number of sulfonamides is 1. The van der Waals surface area contributed by atoms with Crippen LogP contribution in [0.1, 0.15) is 5.56 Å². The molecule has 0 aliphatic carbocycles. The van der Waals surface area contributed by atoms with E-state index >= 15 is 0 Å². The molecule has 1 fully saturated rings. The molecule has 0 spiro atoms. The first-order valence-corrected chi connectivity index (χ1v) is 9.75. The van der Waals surface area contributed by atoms with Gasteiger partial charge in [0.25, 0.3) is 0 Å². The molecule has 11 heteroatoms. The topological polar surface area (TPSA) is 136 Å². The number of hydrogen-bond donors (Lipinski definition) is 2. The summed E-state index contributed by atoms with van der Waals surface area (Å²) < 4.78 is 38.0. The highest BCUT2D eigenvalue weighted by molar-refractivity contribution is 7.89. The summed E-state index contributed by atoms with van der Waals surface area (Å²) in [6.07, 6.45) is 0. The summed E-state index contributed by atoms with van der Waals surface area (Å²) in [7, 11) is -3.56. The van der Waals surface area contributed by atoms with Crippen molar-refractivity contribution in [1.82, 2.24) is 24.7 Å². The molecule has 3 aromatic rings. The average molecular weight is 390 g/mol. The second-order valence-corrected chi connectivity index (χ2v) is 7.94. The van der Waals surface area contributed by atoms with Gasteiger partial charge in [0.2, 0.25) is 10.0 Å². The van der Waals surface area contributed by atoms with Crippen molar-refractivity contribution >= 4 is 27.0 Å². The largest absolute Gasteiger partial charge is 0.486 e. The summed E-state index contributed by atoms with van der Waals surface area (Å²) in [6.45, 7) is 1.66. The van der Waals surface area contributed by atoms with E-state index in [2.05, 4.69) is 20.4 Å². The third kappa shape index (κ3) is 3.56. The summed E-state index contributed by atoms with van der Waals surface area (Å²) in [5.41, 5.74) is 7.34. The van der Waals surface area contributed by atoms with Gasteiger partial charge in [0, 0.05) is 19.2 Å². The lowest BCUT2D eigenvalue weighted by Gasteiger charge is -2.26. The number of anilines is 1. The molecule has 3 N–H and O–H groups in total. The molecule has 10 nitrogen and oxygen atoms in total. The van der Waals surface area contributed by atoms with Crippen LogP contribution in [0.5, 0.6) is 5.75 Å².